The standard InChI is InChI=1S/C6H11NO3S/c7-6(8)5-1-3-11(9,10)4-2-5/h5H,1-4H2,(H2,7,8). The van der Waals surface area contributed by atoms with Gasteiger partial charge in [-0.05, 0) is 12.8 Å². The Morgan fingerprint density at radius 1 is 1.27 bits per heavy atom. The van der Waals surface area contributed by atoms with E-state index in [1.54, 1.807) is 0 Å². The minimum absolute atomic E-state index is 0.112. The largest absolute Gasteiger partial charge is 0.369 e. The van der Waals surface area contributed by atoms with Gasteiger partial charge in [0.1, 0.15) is 9.84 Å². The van der Waals surface area contributed by atoms with Crippen molar-refractivity contribution < 1.29 is 13.2 Å². The number of primary amides is 1. The lowest BCUT2D eigenvalue weighted by Crippen LogP contribution is -2.32. The molecule has 2 N–H and O–H groups in total. The molecule has 1 rings (SSSR count). The van der Waals surface area contributed by atoms with Gasteiger partial charge >= 0.3 is 0 Å². The van der Waals surface area contributed by atoms with Gasteiger partial charge in [0, 0.05) is 5.92 Å². The molecule has 64 valence electrons. The van der Waals surface area contributed by atoms with Crippen LogP contribution < -0.4 is 5.73 Å². The molecule has 0 saturated carbocycles. The highest BCUT2D eigenvalue weighted by molar-refractivity contribution is 7.91. The highest BCUT2D eigenvalue weighted by Gasteiger charge is 2.26. The van der Waals surface area contributed by atoms with E-state index in [4.69, 9.17) is 5.73 Å². The summed E-state index contributed by atoms with van der Waals surface area (Å²) in [4.78, 5) is 10.6. The Balaban J connectivity index is 2.56. The monoisotopic (exact) mass is 177 g/mol. The second-order valence-corrected chi connectivity index (χ2v) is 5.13. The summed E-state index contributed by atoms with van der Waals surface area (Å²) in [5.41, 5.74) is 5.02. The Bertz CT molecular complexity index is 243. The van der Waals surface area contributed by atoms with Crippen LogP contribution in [0.25, 0.3) is 0 Å². The van der Waals surface area contributed by atoms with Crippen LogP contribution >= 0.6 is 0 Å². The molecule has 0 bridgehead atoms. The Morgan fingerprint density at radius 2 is 1.73 bits per heavy atom. The highest BCUT2D eigenvalue weighted by Crippen LogP contribution is 2.17. The van der Waals surface area contributed by atoms with Gasteiger partial charge in [0.15, 0.2) is 0 Å². The zero-order valence-electron chi connectivity index (χ0n) is 6.12. The fourth-order valence-corrected chi connectivity index (χ4v) is 2.67. The van der Waals surface area contributed by atoms with Crippen LogP contribution in [0.3, 0.4) is 0 Å². The van der Waals surface area contributed by atoms with Gasteiger partial charge in [0.05, 0.1) is 11.5 Å². The van der Waals surface area contributed by atoms with Crippen molar-refractivity contribution >= 4 is 15.7 Å². The first-order chi connectivity index (χ1) is 5.01. The van der Waals surface area contributed by atoms with Gasteiger partial charge in [-0.15, -0.1) is 0 Å². The summed E-state index contributed by atoms with van der Waals surface area (Å²) in [6.07, 6.45) is 0.801. The molecule has 1 aliphatic rings. The number of carbonyl (C=O) groups excluding carboxylic acids is 1. The number of nitrogens with two attached hydrogens (primary N) is 1. The smallest absolute Gasteiger partial charge is 0.220 e. The zero-order valence-corrected chi connectivity index (χ0v) is 6.93. The molecule has 0 aromatic rings. The van der Waals surface area contributed by atoms with Gasteiger partial charge in [-0.25, -0.2) is 8.42 Å². The molecule has 4 nitrogen and oxygen atoms in total. The number of hydrogen-bond donors (Lipinski definition) is 1. The second-order valence-electron chi connectivity index (χ2n) is 2.83. The van der Waals surface area contributed by atoms with Crippen molar-refractivity contribution in [3.63, 3.8) is 0 Å². The molecule has 0 aliphatic carbocycles. The zero-order chi connectivity index (χ0) is 8.48. The van der Waals surface area contributed by atoms with Crippen molar-refractivity contribution in [3.05, 3.63) is 0 Å². The van der Waals surface area contributed by atoms with Gasteiger partial charge in [-0.2, -0.15) is 0 Å². The van der Waals surface area contributed by atoms with E-state index in [9.17, 15) is 13.2 Å². The molecule has 1 fully saturated rings. The fourth-order valence-electron chi connectivity index (χ4n) is 1.17. The molecule has 1 heterocycles. The van der Waals surface area contributed by atoms with Gasteiger partial charge in [-0.1, -0.05) is 0 Å². The van der Waals surface area contributed by atoms with Crippen LogP contribution in [0.4, 0.5) is 0 Å². The molecule has 1 amide bonds. The lowest BCUT2D eigenvalue weighted by atomic mass is 10.0. The van der Waals surface area contributed by atoms with E-state index in [2.05, 4.69) is 0 Å². The molecule has 5 heteroatoms. The van der Waals surface area contributed by atoms with E-state index in [0.717, 1.165) is 0 Å². The predicted octanol–water partition coefficient (Wildman–Crippen LogP) is -0.704. The molecule has 1 aliphatic heterocycles. The van der Waals surface area contributed by atoms with Crippen LogP contribution in [-0.2, 0) is 14.6 Å². The molecular weight excluding hydrogens is 166 g/mol. The second kappa shape index (κ2) is 2.81. The Hall–Kier alpha value is -0.580. The molecule has 11 heavy (non-hydrogen) atoms. The van der Waals surface area contributed by atoms with E-state index >= 15 is 0 Å². The van der Waals surface area contributed by atoms with E-state index < -0.39 is 9.84 Å². The first-order valence-corrected chi connectivity index (χ1v) is 5.33. The van der Waals surface area contributed by atoms with E-state index in [0.29, 0.717) is 12.8 Å². The maximum atomic E-state index is 10.9. The number of carbonyl (C=O) groups is 1. The van der Waals surface area contributed by atoms with Crippen LogP contribution in [0.15, 0.2) is 0 Å². The van der Waals surface area contributed by atoms with Crippen molar-refractivity contribution in [2.45, 2.75) is 12.8 Å². The summed E-state index contributed by atoms with van der Waals surface area (Å²) in [5, 5.41) is 0. The number of rotatable bonds is 1. The normalized spacial score (nSPS) is 24.7. The third-order valence-corrected chi connectivity index (χ3v) is 3.67. The van der Waals surface area contributed by atoms with Crippen molar-refractivity contribution in [3.8, 4) is 0 Å². The summed E-state index contributed by atoms with van der Waals surface area (Å²) < 4.78 is 21.7. The van der Waals surface area contributed by atoms with Crippen molar-refractivity contribution in [2.75, 3.05) is 11.5 Å². The topological polar surface area (TPSA) is 77.2 Å². The van der Waals surface area contributed by atoms with Gasteiger partial charge < -0.3 is 5.73 Å². The average Bonchev–Trinajstić information content (AvgIpc) is 1.86. The number of hydrogen-bond acceptors (Lipinski definition) is 3. The third kappa shape index (κ3) is 2.18. The molecular formula is C6H11NO3S. The molecule has 0 unspecified atom stereocenters. The van der Waals surface area contributed by atoms with Crippen LogP contribution in [-0.4, -0.2) is 25.8 Å². The minimum atomic E-state index is -2.86. The molecule has 0 aromatic carbocycles. The summed E-state index contributed by atoms with van der Waals surface area (Å²) >= 11 is 0. The first kappa shape index (κ1) is 8.52. The summed E-state index contributed by atoms with van der Waals surface area (Å²) in [7, 11) is -2.86. The van der Waals surface area contributed by atoms with Gasteiger partial charge in [0.2, 0.25) is 5.91 Å². The Labute approximate surface area is 65.7 Å². The lowest BCUT2D eigenvalue weighted by Gasteiger charge is -2.18. The summed E-state index contributed by atoms with van der Waals surface area (Å²) in [6, 6.07) is 0. The van der Waals surface area contributed by atoms with E-state index in [1.165, 1.54) is 0 Å². The van der Waals surface area contributed by atoms with E-state index in [-0.39, 0.29) is 23.3 Å². The molecule has 0 spiro atoms. The Morgan fingerprint density at radius 3 is 2.09 bits per heavy atom. The molecule has 0 atom stereocenters. The van der Waals surface area contributed by atoms with Crippen LogP contribution in [0.2, 0.25) is 0 Å². The Kier molecular flexibility index (Phi) is 2.17. The van der Waals surface area contributed by atoms with E-state index in [1.807, 2.05) is 0 Å². The predicted molar refractivity (Wildman–Crippen MR) is 40.6 cm³/mol. The minimum Gasteiger partial charge on any atom is -0.369 e. The summed E-state index contributed by atoms with van der Waals surface area (Å²) in [5.74, 6) is -0.375. The van der Waals surface area contributed by atoms with Crippen LogP contribution in [0.1, 0.15) is 12.8 Å². The van der Waals surface area contributed by atoms with Gasteiger partial charge in [0.25, 0.3) is 0 Å². The SMILES string of the molecule is NC(=O)C1CCS(=O)(=O)CC1. The van der Waals surface area contributed by atoms with Gasteiger partial charge in [-0.3, -0.25) is 4.79 Å². The van der Waals surface area contributed by atoms with Crippen molar-refractivity contribution in [2.24, 2.45) is 11.7 Å². The maximum absolute atomic E-state index is 10.9. The number of sulfone groups is 1. The van der Waals surface area contributed by atoms with Crippen molar-refractivity contribution in [1.82, 2.24) is 0 Å². The third-order valence-electron chi connectivity index (χ3n) is 1.96. The quantitative estimate of drug-likeness (QED) is 0.575. The molecule has 1 saturated heterocycles. The number of amides is 1. The molecule has 0 radical (unpaired) electrons. The lowest BCUT2D eigenvalue weighted by molar-refractivity contribution is -0.121. The molecule has 0 aromatic heterocycles. The fraction of sp³-hybridized carbons (Fsp3) is 0.833. The first-order valence-electron chi connectivity index (χ1n) is 3.51. The van der Waals surface area contributed by atoms with Crippen LogP contribution in [0.5, 0.6) is 0 Å². The maximum Gasteiger partial charge on any atom is 0.220 e. The highest BCUT2D eigenvalue weighted by atomic mass is 32.2. The van der Waals surface area contributed by atoms with Crippen LogP contribution in [0, 0.1) is 5.92 Å². The average molecular weight is 177 g/mol. The summed E-state index contributed by atoms with van der Waals surface area (Å²) in [6.45, 7) is 0. The van der Waals surface area contributed by atoms with Crippen molar-refractivity contribution in [1.29, 1.82) is 0 Å².